The molecule has 1 N–H and O–H groups in total. The molecule has 0 saturated heterocycles. The van der Waals surface area contributed by atoms with Crippen LogP contribution in [0.3, 0.4) is 0 Å². The molecule has 3 heteroatoms. The first-order valence-electron chi connectivity index (χ1n) is 7.77. The van der Waals surface area contributed by atoms with Crippen LogP contribution in [0.25, 0.3) is 0 Å². The second kappa shape index (κ2) is 6.13. The Labute approximate surface area is 123 Å². The van der Waals surface area contributed by atoms with Gasteiger partial charge in [-0.05, 0) is 52.5 Å². The van der Waals surface area contributed by atoms with E-state index in [0.29, 0.717) is 0 Å². The molecule has 0 amide bonds. The Morgan fingerprint density at radius 3 is 2.60 bits per heavy atom. The molecule has 2 rings (SSSR count). The van der Waals surface area contributed by atoms with E-state index in [4.69, 9.17) is 0 Å². The molecule has 1 aliphatic carbocycles. The van der Waals surface area contributed by atoms with Gasteiger partial charge < -0.3 is 10.2 Å². The molecule has 20 heavy (non-hydrogen) atoms. The van der Waals surface area contributed by atoms with Crippen molar-refractivity contribution >= 4 is 5.69 Å². The van der Waals surface area contributed by atoms with Gasteiger partial charge in [-0.3, -0.25) is 4.98 Å². The molecular formula is C17H29N3. The molecule has 1 fully saturated rings. The van der Waals surface area contributed by atoms with Gasteiger partial charge in [0.05, 0.1) is 0 Å². The zero-order chi connectivity index (χ0) is 14.8. The predicted molar refractivity (Wildman–Crippen MR) is 86.2 cm³/mol. The van der Waals surface area contributed by atoms with Gasteiger partial charge in [-0.15, -0.1) is 0 Å². The predicted octanol–water partition coefficient (Wildman–Crippen LogP) is 3.51. The van der Waals surface area contributed by atoms with Gasteiger partial charge in [0.15, 0.2) is 0 Å². The third kappa shape index (κ3) is 4.20. The summed E-state index contributed by atoms with van der Waals surface area (Å²) in [7, 11) is 2.22. The van der Waals surface area contributed by atoms with Crippen LogP contribution in [-0.4, -0.2) is 24.1 Å². The van der Waals surface area contributed by atoms with Gasteiger partial charge >= 0.3 is 0 Å². The molecule has 0 unspecified atom stereocenters. The number of nitrogens with one attached hydrogen (secondary N) is 1. The maximum absolute atomic E-state index is 4.47. The van der Waals surface area contributed by atoms with E-state index in [0.717, 1.165) is 18.2 Å². The Hall–Kier alpha value is -1.09. The smallest absolute Gasteiger partial charge is 0.0443 e. The van der Waals surface area contributed by atoms with Crippen molar-refractivity contribution in [1.29, 1.82) is 0 Å². The minimum absolute atomic E-state index is 0.134. The third-order valence-corrected chi connectivity index (χ3v) is 4.08. The van der Waals surface area contributed by atoms with Gasteiger partial charge in [-0.1, -0.05) is 6.42 Å². The number of anilines is 1. The van der Waals surface area contributed by atoms with Crippen LogP contribution in [0.5, 0.6) is 0 Å². The van der Waals surface area contributed by atoms with Crippen molar-refractivity contribution in [3.05, 3.63) is 23.5 Å². The fraction of sp³-hybridized carbons (Fsp3) is 0.706. The van der Waals surface area contributed by atoms with Gasteiger partial charge in [-0.2, -0.15) is 0 Å². The summed E-state index contributed by atoms with van der Waals surface area (Å²) in [5, 5.41) is 3.57. The summed E-state index contributed by atoms with van der Waals surface area (Å²) in [5.74, 6) is 0.886. The molecule has 1 aromatic heterocycles. The van der Waals surface area contributed by atoms with Crippen molar-refractivity contribution in [2.24, 2.45) is 5.92 Å². The fourth-order valence-corrected chi connectivity index (χ4v) is 2.59. The lowest BCUT2D eigenvalue weighted by molar-refractivity contribution is 0.321. The molecule has 1 heterocycles. The molecular weight excluding hydrogens is 246 g/mol. The first kappa shape index (κ1) is 15.3. The Morgan fingerprint density at radius 2 is 2.05 bits per heavy atom. The summed E-state index contributed by atoms with van der Waals surface area (Å²) < 4.78 is 0. The molecule has 1 saturated carbocycles. The zero-order valence-electron chi connectivity index (χ0n) is 13.7. The van der Waals surface area contributed by atoms with Crippen LogP contribution in [0.15, 0.2) is 12.3 Å². The third-order valence-electron chi connectivity index (χ3n) is 4.08. The molecule has 0 aromatic carbocycles. The van der Waals surface area contributed by atoms with E-state index in [1.807, 2.05) is 6.20 Å². The van der Waals surface area contributed by atoms with Crippen molar-refractivity contribution in [3.8, 4) is 0 Å². The zero-order valence-corrected chi connectivity index (χ0v) is 13.7. The summed E-state index contributed by atoms with van der Waals surface area (Å²) in [5.41, 5.74) is 3.86. The fourth-order valence-electron chi connectivity index (χ4n) is 2.59. The molecule has 0 radical (unpaired) electrons. The van der Waals surface area contributed by atoms with E-state index in [1.54, 1.807) is 0 Å². The quantitative estimate of drug-likeness (QED) is 0.891. The number of hydrogen-bond donors (Lipinski definition) is 1. The number of nitrogens with zero attached hydrogens (tertiary/aromatic N) is 2. The van der Waals surface area contributed by atoms with E-state index < -0.39 is 0 Å². The normalized spacial score (nSPS) is 16.1. The maximum atomic E-state index is 4.47. The summed E-state index contributed by atoms with van der Waals surface area (Å²) in [6, 6.07) is 2.22. The Bertz CT molecular complexity index is 444. The highest BCUT2D eigenvalue weighted by Crippen LogP contribution is 2.29. The van der Waals surface area contributed by atoms with E-state index in [1.165, 1.54) is 37.1 Å². The lowest BCUT2D eigenvalue weighted by atomic mass is 9.85. The average molecular weight is 275 g/mol. The van der Waals surface area contributed by atoms with Crippen LogP contribution >= 0.6 is 0 Å². The minimum Gasteiger partial charge on any atom is -0.374 e. The van der Waals surface area contributed by atoms with Crippen LogP contribution in [0, 0.1) is 12.8 Å². The van der Waals surface area contributed by atoms with Gasteiger partial charge in [-0.25, -0.2) is 0 Å². The van der Waals surface area contributed by atoms with E-state index in [9.17, 15) is 0 Å². The van der Waals surface area contributed by atoms with Crippen molar-refractivity contribution in [2.75, 3.05) is 18.5 Å². The first-order valence-corrected chi connectivity index (χ1v) is 7.77. The van der Waals surface area contributed by atoms with Crippen molar-refractivity contribution in [2.45, 2.75) is 59.0 Å². The van der Waals surface area contributed by atoms with E-state index in [2.05, 4.69) is 56.0 Å². The standard InChI is InChI=1S/C17H29N3/c1-13-9-16(20(5)12-14-7-6-8-14)15(10-18-13)11-19-17(2,3)4/h9-10,14,19H,6-8,11-12H2,1-5H3. The molecule has 0 spiro atoms. The van der Waals surface area contributed by atoms with E-state index >= 15 is 0 Å². The highest BCUT2D eigenvalue weighted by atomic mass is 15.1. The van der Waals surface area contributed by atoms with Crippen molar-refractivity contribution in [3.63, 3.8) is 0 Å². The first-order chi connectivity index (χ1) is 9.35. The van der Waals surface area contributed by atoms with Crippen molar-refractivity contribution in [1.82, 2.24) is 10.3 Å². The number of rotatable bonds is 5. The largest absolute Gasteiger partial charge is 0.374 e. The van der Waals surface area contributed by atoms with Crippen LogP contribution in [0.4, 0.5) is 5.69 Å². The van der Waals surface area contributed by atoms with Crippen molar-refractivity contribution < 1.29 is 0 Å². The summed E-state index contributed by atoms with van der Waals surface area (Å²) in [6.07, 6.45) is 6.22. The monoisotopic (exact) mass is 275 g/mol. The second-order valence-corrected chi connectivity index (χ2v) is 7.24. The van der Waals surface area contributed by atoms with Crippen LogP contribution in [0.2, 0.25) is 0 Å². The number of pyridine rings is 1. The summed E-state index contributed by atoms with van der Waals surface area (Å²) in [4.78, 5) is 6.88. The number of aromatic nitrogens is 1. The molecule has 1 aromatic rings. The lowest BCUT2D eigenvalue weighted by Gasteiger charge is -2.32. The maximum Gasteiger partial charge on any atom is 0.0443 e. The number of aryl methyl sites for hydroxylation is 1. The molecule has 0 bridgehead atoms. The Kier molecular flexibility index (Phi) is 4.69. The molecule has 0 atom stereocenters. The Balaban J connectivity index is 2.09. The van der Waals surface area contributed by atoms with Gasteiger partial charge in [0.2, 0.25) is 0 Å². The Morgan fingerprint density at radius 1 is 1.35 bits per heavy atom. The molecule has 112 valence electrons. The summed E-state index contributed by atoms with van der Waals surface area (Å²) in [6.45, 7) is 10.7. The highest BCUT2D eigenvalue weighted by molar-refractivity contribution is 5.53. The molecule has 3 nitrogen and oxygen atoms in total. The number of hydrogen-bond acceptors (Lipinski definition) is 3. The van der Waals surface area contributed by atoms with Crippen LogP contribution in [-0.2, 0) is 6.54 Å². The topological polar surface area (TPSA) is 28.2 Å². The van der Waals surface area contributed by atoms with Gasteiger partial charge in [0.1, 0.15) is 0 Å². The average Bonchev–Trinajstić information content (AvgIpc) is 2.31. The minimum atomic E-state index is 0.134. The molecule has 0 aliphatic heterocycles. The van der Waals surface area contributed by atoms with Crippen LogP contribution < -0.4 is 10.2 Å². The SMILES string of the molecule is Cc1cc(N(C)CC2CCC2)c(CNC(C)(C)C)cn1. The van der Waals surface area contributed by atoms with Crippen LogP contribution in [0.1, 0.15) is 51.3 Å². The van der Waals surface area contributed by atoms with Gasteiger partial charge in [0.25, 0.3) is 0 Å². The second-order valence-electron chi connectivity index (χ2n) is 7.24. The van der Waals surface area contributed by atoms with E-state index in [-0.39, 0.29) is 5.54 Å². The lowest BCUT2D eigenvalue weighted by Crippen LogP contribution is -2.36. The summed E-state index contributed by atoms with van der Waals surface area (Å²) >= 11 is 0. The van der Waals surface area contributed by atoms with Gasteiger partial charge in [0, 0.05) is 48.8 Å². The molecule has 1 aliphatic rings. The highest BCUT2D eigenvalue weighted by Gasteiger charge is 2.20.